The number of hydrogen-bond donors (Lipinski definition) is 4. The highest BCUT2D eigenvalue weighted by Gasteiger charge is 2.20. The van der Waals surface area contributed by atoms with Crippen molar-refractivity contribution in [1.29, 1.82) is 0 Å². The molecule has 0 spiro atoms. The lowest BCUT2D eigenvalue weighted by Gasteiger charge is -2.20. The van der Waals surface area contributed by atoms with Crippen molar-refractivity contribution in [2.24, 2.45) is 0 Å². The van der Waals surface area contributed by atoms with Gasteiger partial charge in [-0.2, -0.15) is 0 Å². The number of unbranched alkanes of at least 4 members (excludes halogenated alkanes) is 23. The van der Waals surface area contributed by atoms with Crippen LogP contribution in [0.25, 0.3) is 0 Å². The van der Waals surface area contributed by atoms with Crippen LogP contribution < -0.4 is 5.32 Å². The van der Waals surface area contributed by atoms with Crippen molar-refractivity contribution in [3.63, 3.8) is 0 Å². The number of hydrogen-bond acceptors (Lipinski definition) is 4. The lowest BCUT2D eigenvalue weighted by atomic mass is 10.0. The number of nitrogens with one attached hydrogen (secondary N) is 1. The van der Waals surface area contributed by atoms with Crippen molar-refractivity contribution in [3.8, 4) is 0 Å². The van der Waals surface area contributed by atoms with E-state index in [9.17, 15) is 20.1 Å². The number of aliphatic hydroxyl groups excluding tert-OH is 3. The number of carbonyl (C=O) groups excluding carboxylic acids is 1. The molecule has 1 amide bonds. The van der Waals surface area contributed by atoms with Gasteiger partial charge in [-0.05, 0) is 57.8 Å². The van der Waals surface area contributed by atoms with E-state index in [1.807, 2.05) is 6.08 Å². The van der Waals surface area contributed by atoms with E-state index in [1.165, 1.54) is 128 Å². The quantitative estimate of drug-likeness (QED) is 0.0397. The molecule has 0 rings (SSSR count). The Morgan fingerprint density at radius 1 is 0.532 bits per heavy atom. The summed E-state index contributed by atoms with van der Waals surface area (Å²) in [6.45, 7) is 4.17. The second kappa shape index (κ2) is 37.4. The predicted octanol–water partition coefficient (Wildman–Crippen LogP) is 11.2. The number of rotatable bonds is 36. The molecule has 3 atom stereocenters. The van der Waals surface area contributed by atoms with E-state index in [-0.39, 0.29) is 18.9 Å². The number of aliphatic hydroxyl groups is 3. The molecule has 0 aliphatic heterocycles. The molecule has 0 radical (unpaired) electrons. The van der Waals surface area contributed by atoms with Crippen molar-refractivity contribution < 1.29 is 20.1 Å². The zero-order chi connectivity index (χ0) is 34.5. The smallest absolute Gasteiger partial charge is 0.222 e. The maximum atomic E-state index is 12.4. The molecule has 0 fully saturated rings. The summed E-state index contributed by atoms with van der Waals surface area (Å²) in [6.07, 6.45) is 45.6. The van der Waals surface area contributed by atoms with Crippen LogP contribution in [-0.4, -0.2) is 46.1 Å². The highest BCUT2D eigenvalue weighted by atomic mass is 16.3. The van der Waals surface area contributed by atoms with E-state index < -0.39 is 18.2 Å². The van der Waals surface area contributed by atoms with Crippen molar-refractivity contribution >= 4 is 5.91 Å². The van der Waals surface area contributed by atoms with Gasteiger partial charge in [0.1, 0.15) is 0 Å². The molecule has 0 heterocycles. The van der Waals surface area contributed by atoms with Crippen LogP contribution in [0.3, 0.4) is 0 Å². The van der Waals surface area contributed by atoms with Gasteiger partial charge in [-0.1, -0.05) is 172 Å². The molecule has 0 saturated carbocycles. The van der Waals surface area contributed by atoms with Gasteiger partial charge in [-0.15, -0.1) is 0 Å². The molecule has 5 nitrogen and oxygen atoms in total. The molecule has 0 aromatic carbocycles. The SMILES string of the molecule is CCCCCC/C=C\CCCCCCCC(O)CC(=O)NC(CO)C(O)/C=C/CC/C=C/CCCCCCCCCCCCCCC. The molecule has 0 aromatic rings. The normalized spacial score (nSPS) is 14.1. The summed E-state index contributed by atoms with van der Waals surface area (Å²) < 4.78 is 0. The summed E-state index contributed by atoms with van der Waals surface area (Å²) in [4.78, 5) is 12.4. The summed E-state index contributed by atoms with van der Waals surface area (Å²) >= 11 is 0. The summed E-state index contributed by atoms with van der Waals surface area (Å²) in [5.74, 6) is -0.332. The fraction of sp³-hybridized carbons (Fsp3) is 0.833. The highest BCUT2D eigenvalue weighted by molar-refractivity contribution is 5.76. The zero-order valence-electron chi connectivity index (χ0n) is 31.2. The fourth-order valence-electron chi connectivity index (χ4n) is 6.00. The lowest BCUT2D eigenvalue weighted by molar-refractivity contribution is -0.124. The van der Waals surface area contributed by atoms with Crippen LogP contribution >= 0.6 is 0 Å². The Morgan fingerprint density at radius 2 is 0.915 bits per heavy atom. The predicted molar refractivity (Wildman–Crippen MR) is 204 cm³/mol. The van der Waals surface area contributed by atoms with Crippen molar-refractivity contribution in [1.82, 2.24) is 5.32 Å². The van der Waals surface area contributed by atoms with E-state index in [4.69, 9.17) is 0 Å². The first-order chi connectivity index (χ1) is 23.0. The molecule has 276 valence electrons. The Morgan fingerprint density at radius 3 is 1.38 bits per heavy atom. The Balaban J connectivity index is 3.76. The van der Waals surface area contributed by atoms with Crippen LogP contribution in [0.2, 0.25) is 0 Å². The Hall–Kier alpha value is -1.43. The number of carbonyl (C=O) groups is 1. The van der Waals surface area contributed by atoms with Crippen molar-refractivity contribution in [3.05, 3.63) is 36.5 Å². The summed E-state index contributed by atoms with van der Waals surface area (Å²) in [5, 5.41) is 33.1. The molecule has 5 heteroatoms. The fourth-order valence-corrected chi connectivity index (χ4v) is 6.00. The maximum absolute atomic E-state index is 12.4. The molecular formula is C42H79NO4. The molecule has 47 heavy (non-hydrogen) atoms. The number of allylic oxidation sites excluding steroid dienone is 5. The van der Waals surface area contributed by atoms with Crippen molar-refractivity contribution in [2.45, 2.75) is 218 Å². The third kappa shape index (κ3) is 34.2. The lowest BCUT2D eigenvalue weighted by Crippen LogP contribution is -2.45. The minimum Gasteiger partial charge on any atom is -0.394 e. The largest absolute Gasteiger partial charge is 0.394 e. The van der Waals surface area contributed by atoms with Crippen LogP contribution in [0, 0.1) is 0 Å². The molecule has 3 unspecified atom stereocenters. The molecule has 0 saturated heterocycles. The van der Waals surface area contributed by atoms with E-state index >= 15 is 0 Å². The molecule has 0 aromatic heterocycles. The molecular weight excluding hydrogens is 582 g/mol. The first kappa shape index (κ1) is 45.6. The Bertz CT molecular complexity index is 734. The summed E-state index contributed by atoms with van der Waals surface area (Å²) in [7, 11) is 0. The van der Waals surface area contributed by atoms with Gasteiger partial charge in [0.05, 0.1) is 31.3 Å². The minimum atomic E-state index is -0.952. The van der Waals surface area contributed by atoms with Gasteiger partial charge < -0.3 is 20.6 Å². The third-order valence-corrected chi connectivity index (χ3v) is 9.15. The van der Waals surface area contributed by atoms with Crippen LogP contribution in [0.4, 0.5) is 0 Å². The van der Waals surface area contributed by atoms with Crippen LogP contribution in [0.15, 0.2) is 36.5 Å². The zero-order valence-corrected chi connectivity index (χ0v) is 31.2. The Labute approximate surface area is 292 Å². The first-order valence-electron chi connectivity index (χ1n) is 20.3. The highest BCUT2D eigenvalue weighted by Crippen LogP contribution is 2.14. The third-order valence-electron chi connectivity index (χ3n) is 9.15. The Kier molecular flexibility index (Phi) is 36.3. The van der Waals surface area contributed by atoms with Gasteiger partial charge in [0.2, 0.25) is 5.91 Å². The van der Waals surface area contributed by atoms with E-state index in [0.717, 1.165) is 44.9 Å². The summed E-state index contributed by atoms with van der Waals surface area (Å²) in [6, 6.07) is -0.762. The van der Waals surface area contributed by atoms with Crippen LogP contribution in [-0.2, 0) is 4.79 Å². The summed E-state index contributed by atoms with van der Waals surface area (Å²) in [5.41, 5.74) is 0. The average Bonchev–Trinajstić information content (AvgIpc) is 3.06. The average molecular weight is 662 g/mol. The van der Waals surface area contributed by atoms with E-state index in [1.54, 1.807) is 6.08 Å². The standard InChI is InChI=1S/C42H79NO4/c1-3-5-7-9-11-13-15-17-18-19-20-21-22-24-26-28-30-32-34-36-41(46)40(38-44)43-42(47)37-39(45)35-33-31-29-27-25-23-16-14-12-10-8-6-4-2/h14,16,26,28,34,36,39-41,44-46H,3-13,15,17-25,27,29-33,35,37-38H2,1-2H3,(H,43,47)/b16-14-,28-26+,36-34+. The van der Waals surface area contributed by atoms with Crippen LogP contribution in [0.5, 0.6) is 0 Å². The second-order valence-electron chi connectivity index (χ2n) is 13.9. The van der Waals surface area contributed by atoms with E-state index in [0.29, 0.717) is 6.42 Å². The minimum absolute atomic E-state index is 0.0000339. The second-order valence-corrected chi connectivity index (χ2v) is 13.9. The van der Waals surface area contributed by atoms with Gasteiger partial charge in [0, 0.05) is 0 Å². The number of amides is 1. The van der Waals surface area contributed by atoms with Gasteiger partial charge >= 0.3 is 0 Å². The van der Waals surface area contributed by atoms with Crippen molar-refractivity contribution in [2.75, 3.05) is 6.61 Å². The van der Waals surface area contributed by atoms with Gasteiger partial charge in [-0.3, -0.25) is 4.79 Å². The first-order valence-corrected chi connectivity index (χ1v) is 20.3. The molecule has 0 aliphatic carbocycles. The molecule has 0 aliphatic rings. The van der Waals surface area contributed by atoms with Gasteiger partial charge in [0.25, 0.3) is 0 Å². The molecule has 4 N–H and O–H groups in total. The van der Waals surface area contributed by atoms with Gasteiger partial charge in [0.15, 0.2) is 0 Å². The molecule has 0 bridgehead atoms. The monoisotopic (exact) mass is 662 g/mol. The van der Waals surface area contributed by atoms with Crippen LogP contribution in [0.1, 0.15) is 200 Å². The van der Waals surface area contributed by atoms with E-state index in [2.05, 4.69) is 43.5 Å². The maximum Gasteiger partial charge on any atom is 0.222 e. The van der Waals surface area contributed by atoms with Gasteiger partial charge in [-0.25, -0.2) is 0 Å². The topological polar surface area (TPSA) is 89.8 Å².